The van der Waals surface area contributed by atoms with Crippen LogP contribution in [-0.4, -0.2) is 42.2 Å². The predicted molar refractivity (Wildman–Crippen MR) is 107 cm³/mol. The summed E-state index contributed by atoms with van der Waals surface area (Å²) in [5.41, 5.74) is 2.40. The first-order chi connectivity index (χ1) is 12.1. The van der Waals surface area contributed by atoms with Crippen LogP contribution in [0, 0.1) is 0 Å². The number of amides is 1. The minimum absolute atomic E-state index is 0.0328. The van der Waals surface area contributed by atoms with Crippen LogP contribution >= 0.6 is 28.1 Å². The van der Waals surface area contributed by atoms with Gasteiger partial charge in [-0.1, -0.05) is 15.9 Å². The highest BCUT2D eigenvalue weighted by Gasteiger charge is 2.18. The summed E-state index contributed by atoms with van der Waals surface area (Å²) in [6, 6.07) is 15.1. The lowest BCUT2D eigenvalue weighted by Gasteiger charge is -2.26. The molecule has 0 aliphatic carbocycles. The molecule has 1 aliphatic heterocycles. The van der Waals surface area contributed by atoms with Crippen molar-refractivity contribution in [2.24, 2.45) is 0 Å². The zero-order valence-corrected chi connectivity index (χ0v) is 15.9. The highest BCUT2D eigenvalue weighted by Crippen LogP contribution is 2.16. The number of nitrogens with zero attached hydrogens (tertiary/aromatic N) is 1. The Labute approximate surface area is 160 Å². The van der Waals surface area contributed by atoms with Gasteiger partial charge in [0.25, 0.3) is 5.91 Å². The zero-order chi connectivity index (χ0) is 17.6. The molecule has 1 heterocycles. The third-order valence-corrected chi connectivity index (χ3v) is 4.52. The van der Waals surface area contributed by atoms with E-state index in [0.29, 0.717) is 37.0 Å². The smallest absolute Gasteiger partial charge is 0.254 e. The Morgan fingerprint density at radius 3 is 2.04 bits per heavy atom. The van der Waals surface area contributed by atoms with Crippen molar-refractivity contribution in [3.8, 4) is 0 Å². The number of nitrogens with one attached hydrogen (secondary N) is 2. The van der Waals surface area contributed by atoms with Crippen molar-refractivity contribution in [1.82, 2.24) is 4.90 Å². The molecule has 25 heavy (non-hydrogen) atoms. The molecule has 0 saturated carbocycles. The van der Waals surface area contributed by atoms with Crippen molar-refractivity contribution in [3.63, 3.8) is 0 Å². The molecular formula is C18H18BrN3O2S. The molecule has 1 amide bonds. The first kappa shape index (κ1) is 17.8. The third kappa shape index (κ3) is 5.01. The summed E-state index contributed by atoms with van der Waals surface area (Å²) < 4.78 is 6.29. The number of carbonyl (C=O) groups is 1. The average molecular weight is 420 g/mol. The number of hydrogen-bond donors (Lipinski definition) is 2. The van der Waals surface area contributed by atoms with Crippen molar-refractivity contribution in [2.75, 3.05) is 36.9 Å². The molecule has 2 aromatic rings. The van der Waals surface area contributed by atoms with E-state index in [4.69, 9.17) is 17.0 Å². The molecule has 1 fully saturated rings. The lowest BCUT2D eigenvalue weighted by Crippen LogP contribution is -2.40. The average Bonchev–Trinajstić information content (AvgIpc) is 2.64. The second kappa shape index (κ2) is 8.42. The number of morpholine rings is 1. The number of rotatable bonds is 3. The van der Waals surface area contributed by atoms with Gasteiger partial charge in [-0.2, -0.15) is 0 Å². The molecule has 1 aliphatic rings. The summed E-state index contributed by atoms with van der Waals surface area (Å²) in [4.78, 5) is 14.2. The molecule has 1 saturated heterocycles. The number of thiocarbonyl (C=S) groups is 1. The van der Waals surface area contributed by atoms with Crippen LogP contribution in [0.2, 0.25) is 0 Å². The maximum Gasteiger partial charge on any atom is 0.254 e. The summed E-state index contributed by atoms with van der Waals surface area (Å²) in [5, 5.41) is 6.73. The summed E-state index contributed by atoms with van der Waals surface area (Å²) in [5.74, 6) is 0.0328. The molecule has 0 radical (unpaired) electrons. The van der Waals surface area contributed by atoms with Gasteiger partial charge in [0.05, 0.1) is 13.2 Å². The van der Waals surface area contributed by atoms with Gasteiger partial charge in [-0.3, -0.25) is 4.79 Å². The van der Waals surface area contributed by atoms with E-state index in [0.717, 1.165) is 15.8 Å². The van der Waals surface area contributed by atoms with Gasteiger partial charge in [-0.15, -0.1) is 0 Å². The highest BCUT2D eigenvalue weighted by molar-refractivity contribution is 9.10. The molecule has 130 valence electrons. The number of ether oxygens (including phenoxy) is 1. The fraction of sp³-hybridized carbons (Fsp3) is 0.222. The lowest BCUT2D eigenvalue weighted by molar-refractivity contribution is 0.0303. The summed E-state index contributed by atoms with van der Waals surface area (Å²) >= 11 is 8.71. The van der Waals surface area contributed by atoms with Gasteiger partial charge in [0.1, 0.15) is 0 Å². The number of hydrogen-bond acceptors (Lipinski definition) is 3. The van der Waals surface area contributed by atoms with E-state index >= 15 is 0 Å². The van der Waals surface area contributed by atoms with E-state index < -0.39 is 0 Å². The number of carbonyl (C=O) groups excluding carboxylic acids is 1. The van der Waals surface area contributed by atoms with Gasteiger partial charge in [-0.25, -0.2) is 0 Å². The minimum atomic E-state index is 0.0328. The van der Waals surface area contributed by atoms with Crippen LogP contribution in [0.25, 0.3) is 0 Å². The van der Waals surface area contributed by atoms with Gasteiger partial charge in [0.2, 0.25) is 0 Å². The van der Waals surface area contributed by atoms with Crippen molar-refractivity contribution in [3.05, 3.63) is 58.6 Å². The molecule has 7 heteroatoms. The van der Waals surface area contributed by atoms with Crippen molar-refractivity contribution >= 4 is 50.5 Å². The zero-order valence-electron chi connectivity index (χ0n) is 13.5. The standard InChI is InChI=1S/C18H18BrN3O2S/c19-14-3-7-16(8-4-14)21-18(25)20-15-5-1-13(2-6-15)17(23)22-9-11-24-12-10-22/h1-8H,9-12H2,(H2,20,21,25). The Kier molecular flexibility index (Phi) is 6.01. The van der Waals surface area contributed by atoms with E-state index in [1.54, 1.807) is 0 Å². The molecule has 0 unspecified atom stereocenters. The van der Waals surface area contributed by atoms with Crippen LogP contribution in [0.1, 0.15) is 10.4 Å². The number of halogens is 1. The van der Waals surface area contributed by atoms with E-state index in [1.807, 2.05) is 53.4 Å². The molecule has 0 bridgehead atoms. The topological polar surface area (TPSA) is 53.6 Å². The van der Waals surface area contributed by atoms with Crippen LogP contribution in [0.5, 0.6) is 0 Å². The first-order valence-corrected chi connectivity index (χ1v) is 9.12. The Hall–Kier alpha value is -1.96. The molecule has 0 spiro atoms. The quantitative estimate of drug-likeness (QED) is 0.742. The summed E-state index contributed by atoms with van der Waals surface area (Å²) in [6.45, 7) is 2.48. The second-order valence-corrected chi connectivity index (χ2v) is 6.89. The van der Waals surface area contributed by atoms with Gasteiger partial charge in [0, 0.05) is 34.5 Å². The number of benzene rings is 2. The van der Waals surface area contributed by atoms with Crippen molar-refractivity contribution in [1.29, 1.82) is 0 Å². The van der Waals surface area contributed by atoms with Crippen LogP contribution in [-0.2, 0) is 4.74 Å². The normalized spacial score (nSPS) is 14.0. The maximum absolute atomic E-state index is 12.4. The van der Waals surface area contributed by atoms with Crippen LogP contribution in [0.3, 0.4) is 0 Å². The second-order valence-electron chi connectivity index (χ2n) is 5.57. The van der Waals surface area contributed by atoms with Crippen LogP contribution < -0.4 is 10.6 Å². The molecule has 0 aromatic heterocycles. The SMILES string of the molecule is O=C(c1ccc(NC(=S)Nc2ccc(Br)cc2)cc1)N1CCOCC1. The number of anilines is 2. The molecule has 2 aromatic carbocycles. The molecule has 3 rings (SSSR count). The largest absolute Gasteiger partial charge is 0.378 e. The Bertz CT molecular complexity index is 744. The summed E-state index contributed by atoms with van der Waals surface area (Å²) in [6.07, 6.45) is 0. The molecule has 5 nitrogen and oxygen atoms in total. The summed E-state index contributed by atoms with van der Waals surface area (Å²) in [7, 11) is 0. The fourth-order valence-electron chi connectivity index (χ4n) is 2.47. The lowest BCUT2D eigenvalue weighted by atomic mass is 10.1. The first-order valence-electron chi connectivity index (χ1n) is 7.92. The third-order valence-electron chi connectivity index (χ3n) is 3.79. The van der Waals surface area contributed by atoms with E-state index in [2.05, 4.69) is 26.6 Å². The van der Waals surface area contributed by atoms with Gasteiger partial charge >= 0.3 is 0 Å². The predicted octanol–water partition coefficient (Wildman–Crippen LogP) is 3.73. The Balaban J connectivity index is 1.57. The monoisotopic (exact) mass is 419 g/mol. The van der Waals surface area contributed by atoms with E-state index in [9.17, 15) is 4.79 Å². The molecule has 0 atom stereocenters. The Morgan fingerprint density at radius 1 is 0.960 bits per heavy atom. The highest BCUT2D eigenvalue weighted by atomic mass is 79.9. The van der Waals surface area contributed by atoms with E-state index in [-0.39, 0.29) is 5.91 Å². The fourth-order valence-corrected chi connectivity index (χ4v) is 2.97. The van der Waals surface area contributed by atoms with Crippen molar-refractivity contribution in [2.45, 2.75) is 0 Å². The van der Waals surface area contributed by atoms with Gasteiger partial charge < -0.3 is 20.3 Å². The van der Waals surface area contributed by atoms with Crippen molar-refractivity contribution < 1.29 is 9.53 Å². The van der Waals surface area contributed by atoms with Crippen LogP contribution in [0.4, 0.5) is 11.4 Å². The van der Waals surface area contributed by atoms with Gasteiger partial charge in [0.15, 0.2) is 5.11 Å². The molecular weight excluding hydrogens is 402 g/mol. The van der Waals surface area contributed by atoms with E-state index in [1.165, 1.54) is 0 Å². The van der Waals surface area contributed by atoms with Crippen LogP contribution in [0.15, 0.2) is 53.0 Å². The van der Waals surface area contributed by atoms with Gasteiger partial charge in [-0.05, 0) is 60.7 Å². The molecule has 2 N–H and O–H groups in total. The maximum atomic E-state index is 12.4. The Morgan fingerprint density at radius 2 is 1.48 bits per heavy atom. The minimum Gasteiger partial charge on any atom is -0.378 e.